The Morgan fingerprint density at radius 2 is 1.38 bits per heavy atom. The van der Waals surface area contributed by atoms with E-state index in [1.807, 2.05) is 42.5 Å². The number of nitrogens with zero attached hydrogens (tertiary/aromatic N) is 3. The molecule has 0 radical (unpaired) electrons. The van der Waals surface area contributed by atoms with Crippen LogP contribution in [-0.4, -0.2) is 54.4 Å². The third kappa shape index (κ3) is 9.64. The lowest BCUT2D eigenvalue weighted by atomic mass is 10.2. The van der Waals surface area contributed by atoms with E-state index in [1.54, 1.807) is 18.6 Å². The standard InChI is InChI=1S/C17H12ClN5.2C2HF3O2/c18-15-10-20-17-22-14-7-12(8-19-9-14)5-4-11-2-1-3-13(6-11)21-16(15)23-17;2*3-2(4,5)1(6)7/h1-10H,(H2,20,21,22,23);2*(H,6,7). The van der Waals surface area contributed by atoms with Gasteiger partial charge in [-0.25, -0.2) is 19.6 Å². The number of alkyl halides is 6. The monoisotopic (exact) mass is 549 g/mol. The number of hydrogen-bond acceptors (Lipinski definition) is 6. The number of hydrogen-bond donors (Lipinski definition) is 4. The van der Waals surface area contributed by atoms with Crippen LogP contribution in [0.1, 0.15) is 5.82 Å². The summed E-state index contributed by atoms with van der Waals surface area (Å²) in [5.74, 6) is -4.42. The first kappa shape index (κ1) is 28.8. The number of carboxylic acids is 2. The Hall–Kier alpha value is -4.40. The molecule has 0 aliphatic carbocycles. The molecule has 1 aliphatic rings. The molecule has 0 atom stereocenters. The van der Waals surface area contributed by atoms with Gasteiger partial charge in [0.2, 0.25) is 5.95 Å². The van der Waals surface area contributed by atoms with Gasteiger partial charge in [0.25, 0.3) is 0 Å². The Morgan fingerprint density at radius 1 is 0.811 bits per heavy atom. The van der Waals surface area contributed by atoms with Crippen molar-refractivity contribution < 1.29 is 46.1 Å². The summed E-state index contributed by atoms with van der Waals surface area (Å²) in [6.07, 6.45) is -5.01. The molecule has 0 saturated heterocycles. The van der Waals surface area contributed by atoms with Crippen molar-refractivity contribution in [1.82, 2.24) is 19.9 Å². The number of pyridine rings is 1. The second-order valence-corrected chi connectivity index (χ2v) is 7.10. The first-order valence-electron chi connectivity index (χ1n) is 9.55. The number of benzene rings is 1. The van der Waals surface area contributed by atoms with E-state index >= 15 is 0 Å². The Bertz CT molecular complexity index is 1400. The maximum atomic E-state index is 10.6. The van der Waals surface area contributed by atoms with Crippen LogP contribution in [0.15, 0.2) is 61.1 Å². The molecule has 0 amide bonds. The summed E-state index contributed by atoms with van der Waals surface area (Å²) in [7, 11) is 0. The minimum Gasteiger partial charge on any atom is -0.475 e. The van der Waals surface area contributed by atoms with E-state index in [0.29, 0.717) is 16.8 Å². The average molecular weight is 550 g/mol. The summed E-state index contributed by atoms with van der Waals surface area (Å²) < 4.78 is 63.5. The van der Waals surface area contributed by atoms with Crippen molar-refractivity contribution in [2.45, 2.75) is 12.4 Å². The summed E-state index contributed by atoms with van der Waals surface area (Å²) in [6.45, 7) is 0. The Morgan fingerprint density at radius 3 is 1.97 bits per heavy atom. The zero-order valence-electron chi connectivity index (χ0n) is 18.0. The van der Waals surface area contributed by atoms with Gasteiger partial charge in [-0.2, -0.15) is 26.3 Å². The van der Waals surface area contributed by atoms with Gasteiger partial charge in [0.05, 0.1) is 22.3 Å². The number of halogens is 7. The second-order valence-electron chi connectivity index (χ2n) is 6.69. The highest BCUT2D eigenvalue weighted by Gasteiger charge is 2.38. The van der Waals surface area contributed by atoms with Crippen LogP contribution >= 0.6 is 11.6 Å². The molecule has 3 aromatic rings. The van der Waals surface area contributed by atoms with Gasteiger partial charge < -0.3 is 20.5 Å². The summed E-state index contributed by atoms with van der Waals surface area (Å²) in [6, 6.07) is 13.9. The molecule has 4 N–H and O–H groups in total. The maximum absolute atomic E-state index is 10.6. The smallest absolute Gasteiger partial charge is 0.475 e. The van der Waals surface area contributed by atoms with Crippen LogP contribution in [0.25, 0.3) is 26.8 Å². The molecule has 196 valence electrons. The number of carboxylic acid groups (broad SMARTS) is 2. The van der Waals surface area contributed by atoms with E-state index in [0.717, 1.165) is 21.8 Å². The molecule has 4 rings (SSSR count). The second kappa shape index (κ2) is 12.0. The molecule has 0 unspecified atom stereocenters. The van der Waals surface area contributed by atoms with Gasteiger partial charge in [-0.1, -0.05) is 35.9 Å². The summed E-state index contributed by atoms with van der Waals surface area (Å²) in [5.41, 5.74) is 1.55. The van der Waals surface area contributed by atoms with Gasteiger partial charge in [0.15, 0.2) is 5.82 Å². The van der Waals surface area contributed by atoms with Gasteiger partial charge in [0.1, 0.15) is 0 Å². The van der Waals surface area contributed by atoms with Gasteiger partial charge in [-0.3, -0.25) is 4.98 Å². The van der Waals surface area contributed by atoms with E-state index in [2.05, 4.69) is 25.3 Å². The molecule has 37 heavy (non-hydrogen) atoms. The number of carbonyl (C=O) groups is 2. The molecule has 3 heterocycles. The van der Waals surface area contributed by atoms with Crippen LogP contribution in [0.4, 0.5) is 32.3 Å². The summed E-state index contributed by atoms with van der Waals surface area (Å²) >= 11 is 6.21. The van der Waals surface area contributed by atoms with Gasteiger partial charge in [-0.05, 0) is 29.0 Å². The van der Waals surface area contributed by atoms with E-state index in [9.17, 15) is 26.3 Å². The van der Waals surface area contributed by atoms with Crippen molar-refractivity contribution in [3.8, 4) is 0 Å². The zero-order valence-corrected chi connectivity index (χ0v) is 18.7. The van der Waals surface area contributed by atoms with Crippen LogP contribution < -0.4 is 5.32 Å². The molecule has 0 fully saturated rings. The number of fused-ring (bicyclic) bond motifs is 6. The average Bonchev–Trinajstić information content (AvgIpc) is 2.80. The normalized spacial score (nSPS) is 11.9. The Kier molecular flexibility index (Phi) is 9.37. The van der Waals surface area contributed by atoms with E-state index in [1.165, 1.54) is 0 Å². The Balaban J connectivity index is 0.000000286. The molecule has 2 aromatic heterocycles. The fraction of sp³-hybridized carbons (Fsp3) is 0.0952. The molecule has 0 spiro atoms. The minimum atomic E-state index is -5.08. The van der Waals surface area contributed by atoms with Gasteiger partial charge in [0, 0.05) is 12.4 Å². The minimum absolute atomic E-state index is 0.492. The van der Waals surface area contributed by atoms with Crippen molar-refractivity contribution in [2.75, 3.05) is 5.32 Å². The highest BCUT2D eigenvalue weighted by molar-refractivity contribution is 6.48. The molecule has 16 heteroatoms. The van der Waals surface area contributed by atoms with Crippen LogP contribution in [0.2, 0.25) is 0 Å². The SMILES string of the molecule is ClC1=CNc2nc3cncc(ccc4cccc(c4)nc1[nH]2)c3.O=C(O)C(F)(F)F.O=C(O)C(F)(F)F. The predicted molar refractivity (Wildman–Crippen MR) is 120 cm³/mol. The molecular formula is C21H14ClF6N5O4. The van der Waals surface area contributed by atoms with Crippen molar-refractivity contribution in [1.29, 1.82) is 0 Å². The number of aliphatic carboxylic acids is 2. The summed E-state index contributed by atoms with van der Waals surface area (Å²) in [5, 5.41) is 19.8. The molecule has 9 nitrogen and oxygen atoms in total. The highest BCUT2D eigenvalue weighted by Crippen LogP contribution is 2.19. The van der Waals surface area contributed by atoms with E-state index in [4.69, 9.17) is 31.4 Å². The number of nitrogens with one attached hydrogen (secondary N) is 2. The largest absolute Gasteiger partial charge is 0.490 e. The van der Waals surface area contributed by atoms with Crippen molar-refractivity contribution in [3.05, 3.63) is 66.9 Å². The van der Waals surface area contributed by atoms with Crippen molar-refractivity contribution in [3.63, 3.8) is 0 Å². The van der Waals surface area contributed by atoms with Crippen LogP contribution in [0.3, 0.4) is 0 Å². The van der Waals surface area contributed by atoms with Gasteiger partial charge in [-0.15, -0.1) is 0 Å². The lowest BCUT2D eigenvalue weighted by Gasteiger charge is -2.07. The molecular weight excluding hydrogens is 536 g/mol. The number of aromatic nitrogens is 4. The first-order chi connectivity index (χ1) is 17.1. The number of aromatic amines is 1. The number of rotatable bonds is 0. The number of anilines is 1. The highest BCUT2D eigenvalue weighted by atomic mass is 35.5. The van der Waals surface area contributed by atoms with E-state index in [-0.39, 0.29) is 0 Å². The maximum Gasteiger partial charge on any atom is 0.490 e. The lowest BCUT2D eigenvalue weighted by Crippen LogP contribution is -2.21. The van der Waals surface area contributed by atoms with Crippen LogP contribution in [0.5, 0.6) is 0 Å². The lowest BCUT2D eigenvalue weighted by molar-refractivity contribution is -0.193. The van der Waals surface area contributed by atoms with E-state index < -0.39 is 24.3 Å². The van der Waals surface area contributed by atoms with Crippen molar-refractivity contribution in [2.24, 2.45) is 0 Å². The first-order valence-corrected chi connectivity index (χ1v) is 9.93. The fourth-order valence-corrected chi connectivity index (χ4v) is 2.44. The molecule has 1 aliphatic heterocycles. The third-order valence-electron chi connectivity index (χ3n) is 3.85. The van der Waals surface area contributed by atoms with Crippen molar-refractivity contribution >= 4 is 56.3 Å². The predicted octanol–water partition coefficient (Wildman–Crippen LogP) is 5.42. The van der Waals surface area contributed by atoms with Crippen LogP contribution in [-0.2, 0) is 9.59 Å². The molecule has 6 bridgehead atoms. The zero-order chi connectivity index (χ0) is 27.8. The quantitative estimate of drug-likeness (QED) is 0.272. The molecule has 0 saturated carbocycles. The fourth-order valence-electron chi connectivity index (χ4n) is 2.30. The Labute approximate surface area is 207 Å². The number of H-pyrrole nitrogens is 1. The summed E-state index contributed by atoms with van der Waals surface area (Å²) in [4.78, 5) is 34.2. The van der Waals surface area contributed by atoms with Crippen LogP contribution in [0, 0.1) is 0 Å². The van der Waals surface area contributed by atoms with Gasteiger partial charge >= 0.3 is 24.3 Å². The third-order valence-corrected chi connectivity index (χ3v) is 4.14. The topological polar surface area (TPSA) is 141 Å². The molecule has 1 aromatic carbocycles.